The van der Waals surface area contributed by atoms with Gasteiger partial charge in [0, 0.05) is 29.2 Å². The van der Waals surface area contributed by atoms with E-state index in [-0.39, 0.29) is 24.4 Å². The predicted molar refractivity (Wildman–Crippen MR) is 106 cm³/mol. The van der Waals surface area contributed by atoms with E-state index < -0.39 is 6.04 Å². The van der Waals surface area contributed by atoms with E-state index in [0.29, 0.717) is 23.3 Å². The zero-order chi connectivity index (χ0) is 18.1. The SMILES string of the molecule is CCC(C(=O)N1C2CCNCC1CC2)n1nnc(-c2ccc(Cl)cc2)n1.Cl. The first kappa shape index (κ1) is 20.0. The molecule has 2 saturated heterocycles. The number of halogens is 2. The van der Waals surface area contributed by atoms with Gasteiger partial charge in [0.05, 0.1) is 0 Å². The van der Waals surface area contributed by atoms with Crippen molar-refractivity contribution >= 4 is 29.9 Å². The van der Waals surface area contributed by atoms with E-state index in [9.17, 15) is 4.79 Å². The Labute approximate surface area is 169 Å². The van der Waals surface area contributed by atoms with Crippen LogP contribution in [0.4, 0.5) is 0 Å². The topological polar surface area (TPSA) is 75.9 Å². The average Bonchev–Trinajstić information content (AvgIpc) is 3.20. The van der Waals surface area contributed by atoms with Crippen molar-refractivity contribution in [1.29, 1.82) is 0 Å². The van der Waals surface area contributed by atoms with E-state index in [1.807, 2.05) is 19.1 Å². The van der Waals surface area contributed by atoms with Crippen LogP contribution in [0, 0.1) is 0 Å². The first-order valence-corrected chi connectivity index (χ1v) is 9.63. The second-order valence-corrected chi connectivity index (χ2v) is 7.42. The largest absolute Gasteiger partial charge is 0.333 e. The van der Waals surface area contributed by atoms with Gasteiger partial charge in [0.1, 0.15) is 0 Å². The summed E-state index contributed by atoms with van der Waals surface area (Å²) in [6.45, 7) is 3.84. The molecule has 3 unspecified atom stereocenters. The molecule has 0 radical (unpaired) electrons. The van der Waals surface area contributed by atoms with Gasteiger partial charge in [-0.1, -0.05) is 18.5 Å². The molecule has 2 fully saturated rings. The van der Waals surface area contributed by atoms with Gasteiger partial charge < -0.3 is 10.2 Å². The lowest BCUT2D eigenvalue weighted by molar-refractivity contribution is -0.138. The Kier molecular flexibility index (Phi) is 6.34. The van der Waals surface area contributed by atoms with Crippen molar-refractivity contribution in [3.05, 3.63) is 29.3 Å². The molecule has 27 heavy (non-hydrogen) atoms. The summed E-state index contributed by atoms with van der Waals surface area (Å²) in [4.78, 5) is 16.8. The number of carbonyl (C=O) groups is 1. The van der Waals surface area contributed by atoms with Crippen molar-refractivity contribution in [2.45, 2.75) is 50.7 Å². The maximum atomic E-state index is 13.3. The summed E-state index contributed by atoms with van der Waals surface area (Å²) in [5, 5.41) is 16.9. The average molecular weight is 411 g/mol. The van der Waals surface area contributed by atoms with Gasteiger partial charge in [-0.25, -0.2) is 0 Å². The van der Waals surface area contributed by atoms with E-state index in [1.165, 1.54) is 4.80 Å². The molecule has 146 valence electrons. The number of fused-ring (bicyclic) bond motifs is 2. The van der Waals surface area contributed by atoms with Gasteiger partial charge in [-0.15, -0.1) is 22.6 Å². The van der Waals surface area contributed by atoms with E-state index in [1.54, 1.807) is 12.1 Å². The third-order valence-electron chi connectivity index (χ3n) is 5.39. The molecule has 2 bridgehead atoms. The van der Waals surface area contributed by atoms with Crippen LogP contribution in [0.5, 0.6) is 0 Å². The molecule has 2 aromatic rings. The van der Waals surface area contributed by atoms with Crippen LogP contribution < -0.4 is 5.32 Å². The third-order valence-corrected chi connectivity index (χ3v) is 5.64. The minimum Gasteiger partial charge on any atom is -0.333 e. The molecule has 2 aliphatic heterocycles. The molecule has 0 saturated carbocycles. The van der Waals surface area contributed by atoms with Crippen molar-refractivity contribution in [3.63, 3.8) is 0 Å². The van der Waals surface area contributed by atoms with Gasteiger partial charge in [-0.05, 0) is 61.7 Å². The first-order chi connectivity index (χ1) is 12.7. The number of hydrogen-bond acceptors (Lipinski definition) is 5. The second kappa shape index (κ2) is 8.54. The van der Waals surface area contributed by atoms with Crippen molar-refractivity contribution in [2.24, 2.45) is 0 Å². The lowest BCUT2D eigenvalue weighted by atomic mass is 10.1. The molecule has 3 heterocycles. The van der Waals surface area contributed by atoms with Gasteiger partial charge in [-0.2, -0.15) is 4.80 Å². The maximum absolute atomic E-state index is 13.3. The Morgan fingerprint density at radius 1 is 1.26 bits per heavy atom. The molecular formula is C18H24Cl2N6O. The summed E-state index contributed by atoms with van der Waals surface area (Å²) in [5.41, 5.74) is 0.835. The van der Waals surface area contributed by atoms with Crippen LogP contribution in [0.25, 0.3) is 11.4 Å². The molecule has 3 atom stereocenters. The highest BCUT2D eigenvalue weighted by atomic mass is 35.5. The van der Waals surface area contributed by atoms with Crippen LogP contribution in [-0.4, -0.2) is 56.2 Å². The Bertz CT molecular complexity index is 766. The number of aromatic nitrogens is 4. The second-order valence-electron chi connectivity index (χ2n) is 6.99. The fourth-order valence-electron chi connectivity index (χ4n) is 4.02. The molecule has 7 nitrogen and oxygen atoms in total. The predicted octanol–water partition coefficient (Wildman–Crippen LogP) is 2.72. The summed E-state index contributed by atoms with van der Waals surface area (Å²) in [5.74, 6) is 0.622. The molecule has 0 spiro atoms. The smallest absolute Gasteiger partial charge is 0.249 e. The van der Waals surface area contributed by atoms with Crippen LogP contribution in [0.1, 0.15) is 38.6 Å². The highest BCUT2D eigenvalue weighted by molar-refractivity contribution is 6.30. The number of tetrazole rings is 1. The van der Waals surface area contributed by atoms with E-state index in [0.717, 1.165) is 37.9 Å². The van der Waals surface area contributed by atoms with Crippen LogP contribution in [0.3, 0.4) is 0 Å². The van der Waals surface area contributed by atoms with Crippen molar-refractivity contribution in [2.75, 3.05) is 13.1 Å². The summed E-state index contributed by atoms with van der Waals surface area (Å²) >= 11 is 5.93. The zero-order valence-electron chi connectivity index (χ0n) is 15.2. The summed E-state index contributed by atoms with van der Waals surface area (Å²) in [6.07, 6.45) is 3.81. The number of amides is 1. The summed E-state index contributed by atoms with van der Waals surface area (Å²) in [7, 11) is 0. The van der Waals surface area contributed by atoms with Crippen molar-refractivity contribution in [3.8, 4) is 11.4 Å². The highest BCUT2D eigenvalue weighted by Crippen LogP contribution is 2.31. The molecule has 1 amide bonds. The Morgan fingerprint density at radius 2 is 2.00 bits per heavy atom. The number of nitrogens with one attached hydrogen (secondary N) is 1. The highest BCUT2D eigenvalue weighted by Gasteiger charge is 2.41. The molecule has 0 aliphatic carbocycles. The standard InChI is InChI=1S/C18H23ClN6O.ClH/c1-2-16(18(26)24-14-7-8-15(24)11-20-10-9-14)25-22-17(21-23-25)12-3-5-13(19)6-4-12;/h3-6,14-16,20H,2,7-11H2,1H3;1H. The first-order valence-electron chi connectivity index (χ1n) is 9.25. The Morgan fingerprint density at radius 3 is 2.74 bits per heavy atom. The van der Waals surface area contributed by atoms with Gasteiger partial charge in [0.2, 0.25) is 11.7 Å². The molecule has 4 rings (SSSR count). The van der Waals surface area contributed by atoms with Gasteiger partial charge in [0.15, 0.2) is 6.04 Å². The summed E-state index contributed by atoms with van der Waals surface area (Å²) < 4.78 is 0. The van der Waals surface area contributed by atoms with E-state index in [2.05, 4.69) is 25.6 Å². The van der Waals surface area contributed by atoms with Crippen molar-refractivity contribution in [1.82, 2.24) is 30.4 Å². The van der Waals surface area contributed by atoms with Crippen LogP contribution in [-0.2, 0) is 4.79 Å². The molecule has 1 N–H and O–H groups in total. The minimum absolute atomic E-state index is 0. The van der Waals surface area contributed by atoms with E-state index in [4.69, 9.17) is 11.6 Å². The maximum Gasteiger partial charge on any atom is 0.249 e. The fraction of sp³-hybridized carbons (Fsp3) is 0.556. The molecule has 1 aromatic heterocycles. The molecular weight excluding hydrogens is 387 g/mol. The van der Waals surface area contributed by atoms with E-state index >= 15 is 0 Å². The van der Waals surface area contributed by atoms with Gasteiger partial charge in [0.25, 0.3) is 0 Å². The lowest BCUT2D eigenvalue weighted by Crippen LogP contribution is -2.46. The lowest BCUT2D eigenvalue weighted by Gasteiger charge is -2.30. The number of hydrogen-bond donors (Lipinski definition) is 1. The number of rotatable bonds is 4. The van der Waals surface area contributed by atoms with Crippen LogP contribution >= 0.6 is 24.0 Å². The third kappa shape index (κ3) is 3.95. The quantitative estimate of drug-likeness (QED) is 0.838. The summed E-state index contributed by atoms with van der Waals surface area (Å²) in [6, 6.07) is 7.49. The van der Waals surface area contributed by atoms with Crippen LogP contribution in [0.15, 0.2) is 24.3 Å². The van der Waals surface area contributed by atoms with Crippen molar-refractivity contribution < 1.29 is 4.79 Å². The monoisotopic (exact) mass is 410 g/mol. The Hall–Kier alpha value is -1.70. The Balaban J connectivity index is 0.00000210. The molecule has 2 aliphatic rings. The number of nitrogens with zero attached hydrogens (tertiary/aromatic N) is 5. The number of carbonyl (C=O) groups excluding carboxylic acids is 1. The minimum atomic E-state index is -0.412. The molecule has 1 aromatic carbocycles. The van der Waals surface area contributed by atoms with Gasteiger partial charge >= 0.3 is 0 Å². The van der Waals surface area contributed by atoms with Crippen LogP contribution in [0.2, 0.25) is 5.02 Å². The normalized spacial score (nSPS) is 22.8. The fourth-order valence-corrected chi connectivity index (χ4v) is 4.15. The molecule has 9 heteroatoms. The van der Waals surface area contributed by atoms with Gasteiger partial charge in [-0.3, -0.25) is 4.79 Å². The zero-order valence-corrected chi connectivity index (χ0v) is 16.8. The number of benzene rings is 1.